The fourth-order valence-corrected chi connectivity index (χ4v) is 4.05. The molecule has 5 aromatic rings. The van der Waals surface area contributed by atoms with Crippen LogP contribution >= 0.6 is 11.6 Å². The van der Waals surface area contributed by atoms with Gasteiger partial charge in [-0.25, -0.2) is 9.37 Å². The lowest BCUT2D eigenvalue weighted by Gasteiger charge is -2.14. The van der Waals surface area contributed by atoms with Crippen LogP contribution in [-0.4, -0.2) is 37.3 Å². The molecule has 174 valence electrons. The van der Waals surface area contributed by atoms with Crippen LogP contribution in [0.15, 0.2) is 79.4 Å². The molecular formula is C26H19ClFN5O2. The normalized spacial score (nSPS) is 12.0. The number of hydrogen-bond donors (Lipinski definition) is 2. The molecule has 0 aliphatic heterocycles. The standard InChI is InChI=1S/C26H19ClFN5O2/c1-15(25(34)17-3-2-4-20(27)9-17)32-26(35)21-7-5-16(10-22(21)28)23-13-29-24-8-6-18(14-33(23)24)19-11-30-31-12-19/h2-15H,1H3,(H,30,31)(H,32,35)/t15-/m1/s1. The Kier molecular flexibility index (Phi) is 5.88. The highest BCUT2D eigenvalue weighted by Crippen LogP contribution is 2.26. The van der Waals surface area contributed by atoms with Crippen LogP contribution in [0, 0.1) is 5.82 Å². The number of rotatable bonds is 6. The Balaban J connectivity index is 1.39. The van der Waals surface area contributed by atoms with Gasteiger partial charge in [0.1, 0.15) is 11.5 Å². The average molecular weight is 488 g/mol. The van der Waals surface area contributed by atoms with Crippen molar-refractivity contribution in [2.45, 2.75) is 13.0 Å². The highest BCUT2D eigenvalue weighted by molar-refractivity contribution is 6.31. The van der Waals surface area contributed by atoms with E-state index in [-0.39, 0.29) is 11.3 Å². The zero-order valence-corrected chi connectivity index (χ0v) is 19.3. The fourth-order valence-electron chi connectivity index (χ4n) is 3.86. The number of imidazole rings is 1. The van der Waals surface area contributed by atoms with Crippen LogP contribution in [0.25, 0.3) is 28.0 Å². The minimum Gasteiger partial charge on any atom is -0.342 e. The Morgan fingerprint density at radius 1 is 1.06 bits per heavy atom. The smallest absolute Gasteiger partial charge is 0.254 e. The van der Waals surface area contributed by atoms with Crippen LogP contribution in [0.2, 0.25) is 5.02 Å². The number of aromatic nitrogens is 4. The molecule has 0 aliphatic carbocycles. The largest absolute Gasteiger partial charge is 0.342 e. The van der Waals surface area contributed by atoms with Crippen molar-refractivity contribution in [2.24, 2.45) is 0 Å². The molecule has 0 saturated carbocycles. The number of nitrogens with zero attached hydrogens (tertiary/aromatic N) is 3. The van der Waals surface area contributed by atoms with Crippen LogP contribution in [0.3, 0.4) is 0 Å². The number of carbonyl (C=O) groups excluding carboxylic acids is 2. The van der Waals surface area contributed by atoms with Gasteiger partial charge in [-0.15, -0.1) is 0 Å². The molecule has 2 N–H and O–H groups in total. The van der Waals surface area contributed by atoms with Gasteiger partial charge in [0, 0.05) is 39.7 Å². The molecule has 1 atom stereocenters. The molecule has 7 nitrogen and oxygen atoms in total. The third-order valence-corrected chi connectivity index (χ3v) is 5.93. The summed E-state index contributed by atoms with van der Waals surface area (Å²) in [7, 11) is 0. The van der Waals surface area contributed by atoms with Gasteiger partial charge in [-0.1, -0.05) is 29.8 Å². The number of pyridine rings is 1. The summed E-state index contributed by atoms with van der Waals surface area (Å²) >= 11 is 5.94. The zero-order chi connectivity index (χ0) is 24.5. The van der Waals surface area contributed by atoms with E-state index in [1.165, 1.54) is 18.2 Å². The fraction of sp³-hybridized carbons (Fsp3) is 0.0769. The lowest BCUT2D eigenvalue weighted by molar-refractivity contribution is 0.0863. The molecule has 0 saturated heterocycles. The van der Waals surface area contributed by atoms with Crippen LogP contribution < -0.4 is 5.32 Å². The Hall–Kier alpha value is -4.30. The van der Waals surface area contributed by atoms with Gasteiger partial charge in [-0.05, 0) is 43.3 Å². The summed E-state index contributed by atoms with van der Waals surface area (Å²) in [6, 6.07) is 13.7. The summed E-state index contributed by atoms with van der Waals surface area (Å²) in [6.45, 7) is 1.55. The molecule has 0 aliphatic rings. The maximum absolute atomic E-state index is 15.0. The van der Waals surface area contributed by atoms with Crippen molar-refractivity contribution < 1.29 is 14.0 Å². The van der Waals surface area contributed by atoms with E-state index in [9.17, 15) is 9.59 Å². The van der Waals surface area contributed by atoms with E-state index in [4.69, 9.17) is 11.6 Å². The molecule has 2 aromatic carbocycles. The molecule has 3 heterocycles. The number of hydrogen-bond acceptors (Lipinski definition) is 4. The molecule has 0 unspecified atom stereocenters. The van der Waals surface area contributed by atoms with Crippen molar-refractivity contribution in [1.29, 1.82) is 0 Å². The monoisotopic (exact) mass is 487 g/mol. The number of aromatic amines is 1. The summed E-state index contributed by atoms with van der Waals surface area (Å²) in [5.74, 6) is -1.71. The van der Waals surface area contributed by atoms with E-state index >= 15 is 4.39 Å². The quantitative estimate of drug-likeness (QED) is 0.323. The number of fused-ring (bicyclic) bond motifs is 1. The second kappa shape index (κ2) is 9.15. The maximum atomic E-state index is 15.0. The highest BCUT2D eigenvalue weighted by Gasteiger charge is 2.21. The number of amides is 1. The van der Waals surface area contributed by atoms with Gasteiger partial charge in [-0.3, -0.25) is 19.1 Å². The van der Waals surface area contributed by atoms with Crippen molar-refractivity contribution in [2.75, 3.05) is 0 Å². The second-order valence-corrected chi connectivity index (χ2v) is 8.48. The van der Waals surface area contributed by atoms with E-state index in [1.54, 1.807) is 49.8 Å². The van der Waals surface area contributed by atoms with E-state index in [2.05, 4.69) is 20.5 Å². The number of ketones is 1. The molecule has 3 aromatic heterocycles. The van der Waals surface area contributed by atoms with Gasteiger partial charge in [0.2, 0.25) is 0 Å². The minimum absolute atomic E-state index is 0.160. The Morgan fingerprint density at radius 2 is 1.89 bits per heavy atom. The first kappa shape index (κ1) is 22.5. The van der Waals surface area contributed by atoms with E-state index in [0.717, 1.165) is 11.1 Å². The third-order valence-electron chi connectivity index (χ3n) is 5.70. The number of benzene rings is 2. The first-order chi connectivity index (χ1) is 16.9. The predicted octanol–water partition coefficient (Wildman–Crippen LogP) is 5.19. The molecule has 35 heavy (non-hydrogen) atoms. The molecule has 0 bridgehead atoms. The van der Waals surface area contributed by atoms with Crippen LogP contribution in [-0.2, 0) is 0 Å². The van der Waals surface area contributed by atoms with Crippen LogP contribution in [0.4, 0.5) is 4.39 Å². The van der Waals surface area contributed by atoms with Gasteiger partial charge in [0.15, 0.2) is 5.78 Å². The van der Waals surface area contributed by atoms with Gasteiger partial charge in [0.05, 0.1) is 29.7 Å². The number of H-pyrrole nitrogens is 1. The van der Waals surface area contributed by atoms with Crippen molar-refractivity contribution in [3.63, 3.8) is 0 Å². The van der Waals surface area contributed by atoms with Crippen molar-refractivity contribution >= 4 is 28.9 Å². The molecule has 0 spiro atoms. The molecule has 0 radical (unpaired) electrons. The first-order valence-corrected chi connectivity index (χ1v) is 11.2. The lowest BCUT2D eigenvalue weighted by Crippen LogP contribution is -2.38. The van der Waals surface area contributed by atoms with Crippen molar-refractivity contribution in [3.8, 4) is 22.4 Å². The lowest BCUT2D eigenvalue weighted by atomic mass is 10.0. The molecule has 0 fully saturated rings. The number of carbonyl (C=O) groups is 2. The Labute approximate surface area is 204 Å². The average Bonchev–Trinajstić information content (AvgIpc) is 3.53. The highest BCUT2D eigenvalue weighted by atomic mass is 35.5. The van der Waals surface area contributed by atoms with Gasteiger partial charge < -0.3 is 5.32 Å². The Morgan fingerprint density at radius 3 is 2.63 bits per heavy atom. The second-order valence-electron chi connectivity index (χ2n) is 8.04. The molecule has 5 rings (SSSR count). The topological polar surface area (TPSA) is 92.2 Å². The van der Waals surface area contributed by atoms with E-state index in [1.807, 2.05) is 22.7 Å². The summed E-state index contributed by atoms with van der Waals surface area (Å²) in [4.78, 5) is 29.7. The van der Waals surface area contributed by atoms with Crippen molar-refractivity contribution in [1.82, 2.24) is 24.9 Å². The van der Waals surface area contributed by atoms with Gasteiger partial charge in [-0.2, -0.15) is 5.10 Å². The number of nitrogens with one attached hydrogen (secondary N) is 2. The SMILES string of the molecule is C[C@@H](NC(=O)c1ccc(-c2cnc3ccc(-c4cn[nH]c4)cn23)cc1F)C(=O)c1cccc(Cl)c1. The van der Waals surface area contributed by atoms with Gasteiger partial charge >= 0.3 is 0 Å². The Bertz CT molecular complexity index is 1560. The van der Waals surface area contributed by atoms with Crippen LogP contribution in [0.1, 0.15) is 27.6 Å². The predicted molar refractivity (Wildman–Crippen MR) is 131 cm³/mol. The summed E-state index contributed by atoms with van der Waals surface area (Å²) in [6.07, 6.45) is 7.03. The van der Waals surface area contributed by atoms with Gasteiger partial charge in [0.25, 0.3) is 5.91 Å². The summed E-state index contributed by atoms with van der Waals surface area (Å²) < 4.78 is 16.9. The minimum atomic E-state index is -0.861. The van der Waals surface area contributed by atoms with E-state index < -0.39 is 17.8 Å². The summed E-state index contributed by atoms with van der Waals surface area (Å²) in [5, 5.41) is 9.74. The number of halogens is 2. The zero-order valence-electron chi connectivity index (χ0n) is 18.5. The third kappa shape index (κ3) is 4.43. The van der Waals surface area contributed by atoms with Crippen molar-refractivity contribution in [3.05, 3.63) is 101 Å². The summed E-state index contributed by atoms with van der Waals surface area (Å²) in [5.41, 5.74) is 3.95. The first-order valence-electron chi connectivity index (χ1n) is 10.8. The number of Topliss-reactive ketones (excluding diaryl/α,β-unsaturated/α-hetero) is 1. The van der Waals surface area contributed by atoms with Crippen LogP contribution in [0.5, 0.6) is 0 Å². The molecule has 9 heteroatoms. The van der Waals surface area contributed by atoms with E-state index in [0.29, 0.717) is 27.5 Å². The molecular weight excluding hydrogens is 469 g/mol. The molecule has 1 amide bonds. The maximum Gasteiger partial charge on any atom is 0.254 e.